The lowest BCUT2D eigenvalue weighted by Crippen LogP contribution is -2.16. The number of benzene rings is 7. The van der Waals surface area contributed by atoms with Gasteiger partial charge in [-0.1, -0.05) is 106 Å². The lowest BCUT2D eigenvalue weighted by atomic mass is 10.1. The van der Waals surface area contributed by atoms with Gasteiger partial charge in [0, 0.05) is 34.1 Å². The van der Waals surface area contributed by atoms with Crippen molar-refractivity contribution >= 4 is 51.2 Å². The van der Waals surface area contributed by atoms with Crippen molar-refractivity contribution in [2.45, 2.75) is 41.5 Å². The van der Waals surface area contributed by atoms with Gasteiger partial charge in [0.15, 0.2) is 0 Å². The molecule has 7 rings (SSSR count). The van der Waals surface area contributed by atoms with Crippen LogP contribution in [0.1, 0.15) is 33.4 Å². The van der Waals surface area contributed by atoms with Crippen molar-refractivity contribution in [1.29, 1.82) is 0 Å². The molecule has 7 aromatic carbocycles. The second-order valence-electron chi connectivity index (χ2n) is 13.7. The first kappa shape index (κ1) is 33.4. The molecule has 7 aromatic rings. The molecule has 3 heteroatoms. The fraction of sp³-hybridized carbons (Fsp3) is 0.125. The molecule has 0 radical (unpaired) electrons. The maximum Gasteiger partial charge on any atom is 0.0503 e. The van der Waals surface area contributed by atoms with E-state index in [9.17, 15) is 0 Å². The Kier molecular flexibility index (Phi) is 9.46. The van der Waals surface area contributed by atoms with Crippen LogP contribution < -0.4 is 14.7 Å². The molecule has 0 aliphatic rings. The van der Waals surface area contributed by atoms with Gasteiger partial charge in [0.2, 0.25) is 0 Å². The summed E-state index contributed by atoms with van der Waals surface area (Å²) in [6.07, 6.45) is 0. The van der Waals surface area contributed by atoms with E-state index in [1.165, 1.54) is 33.4 Å². The normalized spacial score (nSPS) is 10.9. The van der Waals surface area contributed by atoms with Gasteiger partial charge in [0.05, 0.1) is 17.1 Å². The molecule has 0 saturated carbocycles. The number of aryl methyl sites for hydroxylation is 6. The van der Waals surface area contributed by atoms with E-state index in [-0.39, 0.29) is 0 Å². The predicted molar refractivity (Wildman–Crippen MR) is 219 cm³/mol. The third kappa shape index (κ3) is 7.44. The molecule has 0 N–H and O–H groups in total. The molecule has 3 nitrogen and oxygen atoms in total. The third-order valence-electron chi connectivity index (χ3n) is 9.41. The van der Waals surface area contributed by atoms with Crippen LogP contribution in [0.3, 0.4) is 0 Å². The maximum absolute atomic E-state index is 2.37. The highest BCUT2D eigenvalue weighted by molar-refractivity contribution is 5.89. The van der Waals surface area contributed by atoms with Gasteiger partial charge in [-0.3, -0.25) is 0 Å². The molecule has 0 spiro atoms. The van der Waals surface area contributed by atoms with Gasteiger partial charge in [-0.15, -0.1) is 0 Å². The molecule has 252 valence electrons. The van der Waals surface area contributed by atoms with Crippen molar-refractivity contribution < 1.29 is 0 Å². The molecule has 0 aliphatic carbocycles. The highest BCUT2D eigenvalue weighted by Gasteiger charge is 2.22. The second kappa shape index (κ2) is 14.4. The SMILES string of the molecule is Cc1ccc(N(c2ccc(C)cc2)c2cc(N(c3ccc(C)cc3)c3ccc(C)cc3)cc(N(c3ccc(C)cc3)c3ccc(C)cc3)c2)cc1. The summed E-state index contributed by atoms with van der Waals surface area (Å²) in [6.45, 7) is 12.8. The van der Waals surface area contributed by atoms with Gasteiger partial charge in [0.25, 0.3) is 0 Å². The minimum atomic E-state index is 1.06. The highest BCUT2D eigenvalue weighted by Crippen LogP contribution is 2.46. The Hall–Kier alpha value is -6.06. The number of rotatable bonds is 9. The number of hydrogen-bond acceptors (Lipinski definition) is 3. The first-order valence-corrected chi connectivity index (χ1v) is 17.7. The van der Waals surface area contributed by atoms with Crippen molar-refractivity contribution in [2.75, 3.05) is 14.7 Å². The van der Waals surface area contributed by atoms with Gasteiger partial charge in [-0.05, 0) is 133 Å². The summed E-state index contributed by atoms with van der Waals surface area (Å²) >= 11 is 0. The zero-order valence-corrected chi connectivity index (χ0v) is 30.4. The van der Waals surface area contributed by atoms with Gasteiger partial charge in [-0.2, -0.15) is 0 Å². The quantitative estimate of drug-likeness (QED) is 0.152. The summed E-state index contributed by atoms with van der Waals surface area (Å²) in [5.41, 5.74) is 17.1. The fourth-order valence-electron chi connectivity index (χ4n) is 6.47. The van der Waals surface area contributed by atoms with Gasteiger partial charge >= 0.3 is 0 Å². The van der Waals surface area contributed by atoms with Gasteiger partial charge in [-0.25, -0.2) is 0 Å². The molecule has 0 aromatic heterocycles. The van der Waals surface area contributed by atoms with Crippen molar-refractivity contribution in [3.8, 4) is 0 Å². The Bertz CT molecular complexity index is 1810. The van der Waals surface area contributed by atoms with E-state index in [1.807, 2.05) is 0 Å². The van der Waals surface area contributed by atoms with E-state index in [0.717, 1.165) is 51.2 Å². The van der Waals surface area contributed by atoms with Gasteiger partial charge in [0.1, 0.15) is 0 Å². The van der Waals surface area contributed by atoms with E-state index >= 15 is 0 Å². The average molecular weight is 664 g/mol. The van der Waals surface area contributed by atoms with E-state index in [1.54, 1.807) is 0 Å². The zero-order valence-electron chi connectivity index (χ0n) is 30.4. The highest BCUT2D eigenvalue weighted by atomic mass is 15.2. The van der Waals surface area contributed by atoms with Crippen LogP contribution in [0.2, 0.25) is 0 Å². The smallest absolute Gasteiger partial charge is 0.0503 e. The van der Waals surface area contributed by atoms with Crippen LogP contribution in [0.25, 0.3) is 0 Å². The predicted octanol–water partition coefficient (Wildman–Crippen LogP) is 13.9. The standard InChI is InChI=1S/C48H45N3/c1-34-7-19-40(20-8-34)49(41-21-9-35(2)10-22-41)46-31-47(50(42-23-11-36(3)12-24-42)43-25-13-37(4)14-26-43)33-48(32-46)51(44-27-15-38(5)16-28-44)45-29-17-39(6)18-30-45/h7-33H,1-6H3. The van der Waals surface area contributed by atoms with Crippen LogP contribution in [0, 0.1) is 41.5 Å². The Morgan fingerprint density at radius 3 is 0.471 bits per heavy atom. The number of hydrogen-bond donors (Lipinski definition) is 0. The maximum atomic E-state index is 2.37. The van der Waals surface area contributed by atoms with Crippen molar-refractivity contribution in [2.24, 2.45) is 0 Å². The summed E-state index contributed by atoms with van der Waals surface area (Å²) in [6, 6.07) is 59.9. The largest absolute Gasteiger partial charge is 0.310 e. The third-order valence-corrected chi connectivity index (χ3v) is 9.41. The molecule has 0 heterocycles. The van der Waals surface area contributed by atoms with Crippen LogP contribution in [-0.2, 0) is 0 Å². The Morgan fingerprint density at radius 2 is 0.333 bits per heavy atom. The van der Waals surface area contributed by atoms with E-state index in [2.05, 4.69) is 220 Å². The first-order chi connectivity index (χ1) is 24.7. The molecule has 0 saturated heterocycles. The molecular formula is C48H45N3. The summed E-state index contributed by atoms with van der Waals surface area (Å²) in [4.78, 5) is 7.12. The van der Waals surface area contributed by atoms with Crippen LogP contribution >= 0.6 is 0 Å². The van der Waals surface area contributed by atoms with Crippen LogP contribution in [0.15, 0.2) is 164 Å². The van der Waals surface area contributed by atoms with Crippen molar-refractivity contribution in [3.05, 3.63) is 197 Å². The van der Waals surface area contributed by atoms with E-state index < -0.39 is 0 Å². The van der Waals surface area contributed by atoms with Crippen LogP contribution in [0.5, 0.6) is 0 Å². The molecule has 51 heavy (non-hydrogen) atoms. The lowest BCUT2D eigenvalue weighted by Gasteiger charge is -2.33. The van der Waals surface area contributed by atoms with Gasteiger partial charge < -0.3 is 14.7 Å². The van der Waals surface area contributed by atoms with Crippen LogP contribution in [0.4, 0.5) is 51.2 Å². The molecule has 0 unspecified atom stereocenters. The lowest BCUT2D eigenvalue weighted by molar-refractivity contribution is 1.21. The zero-order chi connectivity index (χ0) is 35.5. The number of nitrogens with zero attached hydrogens (tertiary/aromatic N) is 3. The molecule has 0 aliphatic heterocycles. The average Bonchev–Trinajstić information content (AvgIpc) is 3.13. The van der Waals surface area contributed by atoms with Crippen LogP contribution in [-0.4, -0.2) is 0 Å². The minimum absolute atomic E-state index is 1.06. The fourth-order valence-corrected chi connectivity index (χ4v) is 6.47. The Balaban J connectivity index is 1.54. The van der Waals surface area contributed by atoms with Crippen molar-refractivity contribution in [3.63, 3.8) is 0 Å². The molecular weight excluding hydrogens is 619 g/mol. The van der Waals surface area contributed by atoms with Crippen molar-refractivity contribution in [1.82, 2.24) is 0 Å². The summed E-state index contributed by atoms with van der Waals surface area (Å²) < 4.78 is 0. The van der Waals surface area contributed by atoms with E-state index in [0.29, 0.717) is 0 Å². The van der Waals surface area contributed by atoms with E-state index in [4.69, 9.17) is 0 Å². The Morgan fingerprint density at radius 1 is 0.196 bits per heavy atom. The molecule has 0 amide bonds. The summed E-state index contributed by atoms with van der Waals surface area (Å²) in [5.74, 6) is 0. The Labute approximate surface area is 303 Å². The summed E-state index contributed by atoms with van der Waals surface area (Å²) in [7, 11) is 0. The topological polar surface area (TPSA) is 9.72 Å². The first-order valence-electron chi connectivity index (χ1n) is 17.7. The molecule has 0 fully saturated rings. The number of anilines is 9. The molecule has 0 atom stereocenters. The molecule has 0 bridgehead atoms. The minimum Gasteiger partial charge on any atom is -0.310 e. The summed E-state index contributed by atoms with van der Waals surface area (Å²) in [5, 5.41) is 0. The monoisotopic (exact) mass is 663 g/mol. The second-order valence-corrected chi connectivity index (χ2v) is 13.7.